The van der Waals surface area contributed by atoms with E-state index < -0.39 is 0 Å². The maximum absolute atomic E-state index is 12.6. The van der Waals surface area contributed by atoms with Crippen LogP contribution in [0.5, 0.6) is 0 Å². The van der Waals surface area contributed by atoms with Crippen molar-refractivity contribution in [2.45, 2.75) is 39.8 Å². The Balaban J connectivity index is 1.51. The van der Waals surface area contributed by atoms with Crippen molar-refractivity contribution in [2.75, 3.05) is 26.2 Å². The zero-order chi connectivity index (χ0) is 19.8. The molecule has 0 aliphatic carbocycles. The highest BCUT2D eigenvalue weighted by atomic mass is 16.2. The minimum absolute atomic E-state index is 0.0544. The highest BCUT2D eigenvalue weighted by molar-refractivity contribution is 5.85. The molecule has 28 heavy (non-hydrogen) atoms. The van der Waals surface area contributed by atoms with Crippen molar-refractivity contribution < 1.29 is 4.79 Å². The van der Waals surface area contributed by atoms with Crippen molar-refractivity contribution in [1.82, 2.24) is 30.3 Å². The van der Waals surface area contributed by atoms with Crippen LogP contribution >= 0.6 is 0 Å². The predicted molar refractivity (Wildman–Crippen MR) is 109 cm³/mol. The highest BCUT2D eigenvalue weighted by Crippen LogP contribution is 2.18. The number of rotatable bonds is 7. The molecule has 0 unspecified atom stereocenters. The topological polar surface area (TPSA) is 87.4 Å². The number of benzene rings is 1. The average molecular weight is 384 g/mol. The first-order chi connectivity index (χ1) is 13.7. The third-order valence-corrected chi connectivity index (χ3v) is 4.86. The lowest BCUT2D eigenvalue weighted by molar-refractivity contribution is -0.130. The number of carbonyl (C=O) groups is 1. The summed E-state index contributed by atoms with van der Waals surface area (Å²) in [5, 5.41) is 14.5. The van der Waals surface area contributed by atoms with Crippen LogP contribution in [0.2, 0.25) is 0 Å². The molecule has 1 aromatic carbocycles. The lowest BCUT2D eigenvalue weighted by atomic mass is 10.00. The van der Waals surface area contributed by atoms with Gasteiger partial charge in [0.2, 0.25) is 5.91 Å². The highest BCUT2D eigenvalue weighted by Gasteiger charge is 2.19. The van der Waals surface area contributed by atoms with Crippen LogP contribution in [0.4, 0.5) is 0 Å². The predicted octanol–water partition coefficient (Wildman–Crippen LogP) is 0.981. The van der Waals surface area contributed by atoms with Crippen LogP contribution in [0.15, 0.2) is 35.6 Å². The number of aromatic nitrogens is 3. The summed E-state index contributed by atoms with van der Waals surface area (Å²) in [4.78, 5) is 19.0. The first-order valence-electron chi connectivity index (χ1n) is 9.94. The molecule has 8 heteroatoms. The first-order valence-corrected chi connectivity index (χ1v) is 9.94. The van der Waals surface area contributed by atoms with Gasteiger partial charge in [-0.3, -0.25) is 4.79 Å². The number of guanidine groups is 1. The van der Waals surface area contributed by atoms with Gasteiger partial charge in [0, 0.05) is 39.1 Å². The number of carbonyl (C=O) groups excluding carboxylic acids is 1. The van der Waals surface area contributed by atoms with E-state index in [2.05, 4.69) is 50.9 Å². The summed E-state index contributed by atoms with van der Waals surface area (Å²) in [6, 6.07) is 8.32. The lowest BCUT2D eigenvalue weighted by Gasteiger charge is -2.28. The number of hydrogen-bond acceptors (Lipinski definition) is 4. The van der Waals surface area contributed by atoms with Gasteiger partial charge in [0.25, 0.3) is 0 Å². The Bertz CT molecular complexity index is 814. The second-order valence-corrected chi connectivity index (χ2v) is 6.75. The van der Waals surface area contributed by atoms with Crippen LogP contribution in [0.3, 0.4) is 0 Å². The van der Waals surface area contributed by atoms with E-state index >= 15 is 0 Å². The van der Waals surface area contributed by atoms with Crippen LogP contribution in [-0.4, -0.2) is 57.7 Å². The molecule has 150 valence electrons. The molecule has 0 radical (unpaired) electrons. The molecule has 2 aromatic rings. The third kappa shape index (κ3) is 5.09. The molecule has 1 aliphatic rings. The second kappa shape index (κ2) is 9.87. The van der Waals surface area contributed by atoms with E-state index in [0.717, 1.165) is 38.3 Å². The number of nitrogens with one attached hydrogen (secondary N) is 2. The Hall–Kier alpha value is -2.90. The summed E-state index contributed by atoms with van der Waals surface area (Å²) in [7, 11) is 0. The number of aliphatic imine (C=N–C) groups is 1. The molecule has 1 amide bonds. The van der Waals surface area contributed by atoms with E-state index in [0.29, 0.717) is 19.0 Å². The molecule has 1 aliphatic heterocycles. The van der Waals surface area contributed by atoms with Gasteiger partial charge in [-0.2, -0.15) is 0 Å². The van der Waals surface area contributed by atoms with Crippen molar-refractivity contribution in [3.63, 3.8) is 0 Å². The van der Waals surface area contributed by atoms with Crippen molar-refractivity contribution in [1.29, 1.82) is 0 Å². The van der Waals surface area contributed by atoms with Crippen LogP contribution in [0.25, 0.3) is 0 Å². The Morgan fingerprint density at radius 3 is 2.82 bits per heavy atom. The first kappa shape index (κ1) is 19.9. The molecule has 3 rings (SSSR count). The van der Waals surface area contributed by atoms with E-state index in [1.165, 1.54) is 11.1 Å². The van der Waals surface area contributed by atoms with Crippen molar-refractivity contribution in [2.24, 2.45) is 4.99 Å². The quantitative estimate of drug-likeness (QED) is 0.550. The van der Waals surface area contributed by atoms with E-state index in [1.54, 1.807) is 6.33 Å². The van der Waals surface area contributed by atoms with Gasteiger partial charge in [0.1, 0.15) is 18.7 Å². The molecule has 8 nitrogen and oxygen atoms in total. The normalized spacial score (nSPS) is 13.9. The fourth-order valence-electron chi connectivity index (χ4n) is 3.33. The molecule has 0 spiro atoms. The Labute approximate surface area is 166 Å². The van der Waals surface area contributed by atoms with Crippen molar-refractivity contribution >= 4 is 11.9 Å². The number of fused-ring (bicyclic) bond motifs is 1. The van der Waals surface area contributed by atoms with Crippen LogP contribution < -0.4 is 10.6 Å². The number of nitrogens with zero attached hydrogens (tertiary/aromatic N) is 5. The van der Waals surface area contributed by atoms with Crippen LogP contribution in [-0.2, 0) is 30.7 Å². The van der Waals surface area contributed by atoms with Gasteiger partial charge in [-0.15, -0.1) is 10.2 Å². The lowest BCUT2D eigenvalue weighted by Crippen LogP contribution is -2.41. The monoisotopic (exact) mass is 383 g/mol. The summed E-state index contributed by atoms with van der Waals surface area (Å²) < 4.78 is 2.02. The SMILES string of the molecule is CCNC(=NCC(=O)N1CCc2ccccc2C1)NCCn1cnnc1CC. The van der Waals surface area contributed by atoms with Crippen molar-refractivity contribution in [3.8, 4) is 0 Å². The van der Waals surface area contributed by atoms with Gasteiger partial charge < -0.3 is 20.1 Å². The average Bonchev–Trinajstić information content (AvgIpc) is 3.19. The van der Waals surface area contributed by atoms with E-state index in [4.69, 9.17) is 0 Å². The van der Waals surface area contributed by atoms with Gasteiger partial charge in [0.15, 0.2) is 5.96 Å². The standard InChI is InChI=1S/C20H29N7O/c1-3-18-25-24-15-27(18)12-10-22-20(21-4-2)23-13-19(28)26-11-9-16-7-5-6-8-17(16)14-26/h5-8,15H,3-4,9-14H2,1-2H3,(H2,21,22,23). The Morgan fingerprint density at radius 1 is 1.21 bits per heavy atom. The van der Waals surface area contributed by atoms with E-state index in [9.17, 15) is 4.79 Å². The van der Waals surface area contributed by atoms with E-state index in [-0.39, 0.29) is 12.5 Å². The minimum atomic E-state index is 0.0544. The molecule has 2 N–H and O–H groups in total. The maximum atomic E-state index is 12.6. The van der Waals surface area contributed by atoms with Crippen molar-refractivity contribution in [3.05, 3.63) is 47.5 Å². The molecule has 0 bridgehead atoms. The zero-order valence-corrected chi connectivity index (χ0v) is 16.7. The van der Waals surface area contributed by atoms with Crippen LogP contribution in [0, 0.1) is 0 Å². The Kier molecular flexibility index (Phi) is 7.00. The minimum Gasteiger partial charge on any atom is -0.357 e. The Morgan fingerprint density at radius 2 is 2.04 bits per heavy atom. The molecule has 0 fully saturated rings. The zero-order valence-electron chi connectivity index (χ0n) is 16.7. The van der Waals surface area contributed by atoms with E-state index in [1.807, 2.05) is 22.5 Å². The maximum Gasteiger partial charge on any atom is 0.244 e. The summed E-state index contributed by atoms with van der Waals surface area (Å²) in [5.41, 5.74) is 2.57. The van der Waals surface area contributed by atoms with Gasteiger partial charge in [0.05, 0.1) is 0 Å². The fourth-order valence-corrected chi connectivity index (χ4v) is 3.33. The summed E-state index contributed by atoms with van der Waals surface area (Å²) in [6.45, 7) is 7.80. The van der Waals surface area contributed by atoms with Crippen LogP contribution in [0.1, 0.15) is 30.8 Å². The molecule has 0 saturated carbocycles. The largest absolute Gasteiger partial charge is 0.357 e. The molecule has 1 aromatic heterocycles. The van der Waals surface area contributed by atoms with Gasteiger partial charge in [-0.1, -0.05) is 31.2 Å². The molecule has 2 heterocycles. The smallest absolute Gasteiger partial charge is 0.244 e. The summed E-state index contributed by atoms with van der Waals surface area (Å²) in [6.07, 6.45) is 3.49. The number of amides is 1. The molecule has 0 atom stereocenters. The van der Waals surface area contributed by atoms with Gasteiger partial charge in [-0.05, 0) is 24.5 Å². The number of hydrogen-bond donors (Lipinski definition) is 2. The molecule has 0 saturated heterocycles. The number of aryl methyl sites for hydroxylation is 1. The summed E-state index contributed by atoms with van der Waals surface area (Å²) in [5.74, 6) is 1.67. The van der Waals surface area contributed by atoms with Gasteiger partial charge >= 0.3 is 0 Å². The second-order valence-electron chi connectivity index (χ2n) is 6.75. The molecular weight excluding hydrogens is 354 g/mol. The fraction of sp³-hybridized carbons (Fsp3) is 0.500. The third-order valence-electron chi connectivity index (χ3n) is 4.86. The molecular formula is C20H29N7O. The van der Waals surface area contributed by atoms with Gasteiger partial charge in [-0.25, -0.2) is 4.99 Å². The summed E-state index contributed by atoms with van der Waals surface area (Å²) >= 11 is 0.